The van der Waals surface area contributed by atoms with Crippen LogP contribution in [0.15, 0.2) is 29.2 Å². The molecule has 21 atom stereocenters. The van der Waals surface area contributed by atoms with E-state index in [1.807, 2.05) is 6.92 Å². The number of imidazole rings is 1. The number of nitrogens with zero attached hydrogens (tertiary/aromatic N) is 2. The first-order valence-corrected chi connectivity index (χ1v) is 28.5. The summed E-state index contributed by atoms with van der Waals surface area (Å²) in [4.78, 5) is 40.4. The van der Waals surface area contributed by atoms with Gasteiger partial charge in [-0.2, -0.15) is 0 Å². The van der Waals surface area contributed by atoms with Crippen molar-refractivity contribution in [3.63, 3.8) is 0 Å². The Hall–Kier alpha value is -3.28. The zero-order valence-corrected chi connectivity index (χ0v) is 45.8. The third kappa shape index (κ3) is 9.07. The molecule has 1 amide bonds. The minimum atomic E-state index is -1.66. The molecule has 0 bridgehead atoms. The lowest BCUT2D eigenvalue weighted by molar-refractivity contribution is -0.340. The summed E-state index contributed by atoms with van der Waals surface area (Å²) in [5, 5.41) is 101. The van der Waals surface area contributed by atoms with Crippen molar-refractivity contribution in [2.24, 2.45) is 89.9 Å². The van der Waals surface area contributed by atoms with Crippen molar-refractivity contribution >= 4 is 17.8 Å². The molecule has 20 heteroatoms. The number of aliphatic imine (C=N–C) groups is 1. The number of aliphatic hydroxyl groups is 7. The molecule has 428 valence electrons. The maximum Gasteiger partial charge on any atom is 0.310 e. The first kappa shape index (κ1) is 57.4. The molecule has 1 aromatic rings. The molecule has 76 heavy (non-hydrogen) atoms. The predicted octanol–water partition coefficient (Wildman–Crippen LogP) is 1.82. The molecule has 2 saturated heterocycles. The van der Waals surface area contributed by atoms with Crippen LogP contribution in [0.5, 0.6) is 0 Å². The van der Waals surface area contributed by atoms with Gasteiger partial charge in [0, 0.05) is 68.5 Å². The summed E-state index contributed by atoms with van der Waals surface area (Å²) in [5.41, 5.74) is 9.26. The normalized spacial score (nSPS) is 45.2. The molecule has 1 spiro atoms. The lowest BCUT2D eigenvalue weighted by atomic mass is 9.31. The van der Waals surface area contributed by atoms with Crippen molar-refractivity contribution in [2.45, 2.75) is 180 Å². The Morgan fingerprint density at radius 1 is 0.961 bits per heavy atom. The number of nitrogens with one attached hydrogen (secondary N) is 4. The SMILES string of the molecule is CN=C(N)NCCNCC(CC(c1cnc[nH]1)C1NC(=O)C2(CCCC2)C1CC1C(O)C(OC2OCC(O)C(O)C2O)C(C)(CO)C2CCC3(C)C(CC=C4C5CC(C)(CO)CCC5(C(=O)O)CCC43C)C12C)C(N)O. The van der Waals surface area contributed by atoms with Gasteiger partial charge >= 0.3 is 5.97 Å². The number of H-pyrrole nitrogens is 1. The topological polar surface area (TPSA) is 344 Å². The molecule has 21 unspecified atom stereocenters. The van der Waals surface area contributed by atoms with Crippen LogP contribution in [0.3, 0.4) is 0 Å². The van der Waals surface area contributed by atoms with E-state index in [2.05, 4.69) is 64.7 Å². The molecule has 16 N–H and O–H groups in total. The highest BCUT2D eigenvalue weighted by Gasteiger charge is 2.74. The van der Waals surface area contributed by atoms with E-state index in [0.29, 0.717) is 96.2 Å². The van der Waals surface area contributed by atoms with E-state index in [-0.39, 0.29) is 49.4 Å². The number of aliphatic hydroxyl groups excluding tert-OH is 7. The summed E-state index contributed by atoms with van der Waals surface area (Å²) >= 11 is 0. The number of allylic oxidation sites excluding steroid dienone is 2. The van der Waals surface area contributed by atoms with Gasteiger partial charge in [0.2, 0.25) is 5.91 Å². The van der Waals surface area contributed by atoms with E-state index in [1.54, 1.807) is 19.6 Å². The Bertz CT molecular complexity index is 2300. The largest absolute Gasteiger partial charge is 0.481 e. The Morgan fingerprint density at radius 3 is 2.33 bits per heavy atom. The predicted molar refractivity (Wildman–Crippen MR) is 281 cm³/mol. The number of guanidine groups is 1. The highest BCUT2D eigenvalue weighted by molar-refractivity contribution is 5.86. The number of hydrogen-bond donors (Lipinski definition) is 14. The number of carbonyl (C=O) groups excluding carboxylic acids is 1. The van der Waals surface area contributed by atoms with Gasteiger partial charge in [-0.25, -0.2) is 4.98 Å². The fourth-order valence-electron chi connectivity index (χ4n) is 18.4. The lowest BCUT2D eigenvalue weighted by Crippen LogP contribution is -2.72. The average molecular weight is 1070 g/mol. The number of amides is 1. The van der Waals surface area contributed by atoms with Crippen LogP contribution in [-0.2, 0) is 19.1 Å². The number of aromatic amines is 1. The minimum absolute atomic E-state index is 0.0245. The summed E-state index contributed by atoms with van der Waals surface area (Å²) in [7, 11) is 1.60. The van der Waals surface area contributed by atoms with Crippen LogP contribution in [-0.4, -0.2) is 164 Å². The first-order valence-electron chi connectivity index (χ1n) is 28.5. The molecule has 3 heterocycles. The van der Waals surface area contributed by atoms with Crippen molar-refractivity contribution in [3.05, 3.63) is 29.9 Å². The highest BCUT2D eigenvalue weighted by Crippen LogP contribution is 2.77. The van der Waals surface area contributed by atoms with Gasteiger partial charge in [0.15, 0.2) is 12.2 Å². The summed E-state index contributed by atoms with van der Waals surface area (Å²) < 4.78 is 12.7. The first-order chi connectivity index (χ1) is 35.9. The second-order valence-electron chi connectivity index (χ2n) is 26.5. The zero-order valence-electron chi connectivity index (χ0n) is 45.8. The minimum Gasteiger partial charge on any atom is -0.481 e. The lowest BCUT2D eigenvalue weighted by Gasteiger charge is -2.73. The number of ether oxygens (including phenoxy) is 2. The smallest absolute Gasteiger partial charge is 0.310 e. The fourth-order valence-corrected chi connectivity index (χ4v) is 18.4. The van der Waals surface area contributed by atoms with Gasteiger partial charge in [-0.3, -0.25) is 14.6 Å². The van der Waals surface area contributed by atoms with Crippen LogP contribution >= 0.6 is 0 Å². The Balaban J connectivity index is 1.16. The van der Waals surface area contributed by atoms with E-state index in [4.69, 9.17) is 20.9 Å². The van der Waals surface area contributed by atoms with E-state index in [0.717, 1.165) is 25.0 Å². The molecular formula is C56H92N8O12. The van der Waals surface area contributed by atoms with Gasteiger partial charge in [0.1, 0.15) is 24.5 Å². The number of aromatic nitrogens is 2. The average Bonchev–Trinajstić information content (AvgIpc) is 4.19. The van der Waals surface area contributed by atoms with Crippen LogP contribution in [0.4, 0.5) is 0 Å². The van der Waals surface area contributed by atoms with E-state index in [1.165, 1.54) is 5.57 Å². The van der Waals surface area contributed by atoms with Gasteiger partial charge in [-0.15, -0.1) is 0 Å². The number of fused-ring (bicyclic) bond motifs is 7. The van der Waals surface area contributed by atoms with Gasteiger partial charge in [0.05, 0.1) is 42.6 Å². The van der Waals surface area contributed by atoms with E-state index >= 15 is 4.79 Å². The number of aliphatic carboxylic acids is 1. The second kappa shape index (κ2) is 21.3. The molecule has 7 fully saturated rings. The van der Waals surface area contributed by atoms with Crippen molar-refractivity contribution in [1.82, 2.24) is 25.9 Å². The summed E-state index contributed by atoms with van der Waals surface area (Å²) in [6, 6.07) is -0.505. The molecule has 8 aliphatic rings. The highest BCUT2D eigenvalue weighted by atomic mass is 16.7. The van der Waals surface area contributed by atoms with Gasteiger partial charge < -0.3 is 82.7 Å². The van der Waals surface area contributed by atoms with Crippen LogP contribution in [0, 0.1) is 73.4 Å². The number of nitrogens with two attached hydrogens (primary N) is 2. The Labute approximate surface area is 448 Å². The Kier molecular flexibility index (Phi) is 16.1. The van der Waals surface area contributed by atoms with Crippen molar-refractivity contribution in [1.29, 1.82) is 0 Å². The molecule has 1 aromatic heterocycles. The van der Waals surface area contributed by atoms with Crippen LogP contribution in [0.1, 0.15) is 136 Å². The maximum atomic E-state index is 15.1. The van der Waals surface area contributed by atoms with Gasteiger partial charge in [-0.05, 0) is 128 Å². The second-order valence-corrected chi connectivity index (χ2v) is 26.5. The summed E-state index contributed by atoms with van der Waals surface area (Å²) in [6.07, 6.45) is 4.52. The summed E-state index contributed by atoms with van der Waals surface area (Å²) in [5.74, 6) is -3.03. The monoisotopic (exact) mass is 1070 g/mol. The number of rotatable bonds is 17. The third-order valence-corrected chi connectivity index (χ3v) is 23.1. The van der Waals surface area contributed by atoms with Crippen molar-refractivity contribution in [3.8, 4) is 0 Å². The number of carboxylic acids is 1. The van der Waals surface area contributed by atoms with Gasteiger partial charge in [0.25, 0.3) is 0 Å². The van der Waals surface area contributed by atoms with Crippen LogP contribution < -0.4 is 27.4 Å². The van der Waals surface area contributed by atoms with E-state index in [9.17, 15) is 45.6 Å². The fraction of sp³-hybridized carbons (Fsp3) is 0.857. The number of hydrogen-bond acceptors (Lipinski definition) is 15. The van der Waals surface area contributed by atoms with Crippen molar-refractivity contribution < 1.29 is 59.9 Å². The molecule has 0 radical (unpaired) electrons. The summed E-state index contributed by atoms with van der Waals surface area (Å²) in [6.45, 7) is 11.6. The van der Waals surface area contributed by atoms with E-state index < -0.39 is 111 Å². The molecule has 0 aromatic carbocycles. The van der Waals surface area contributed by atoms with Crippen LogP contribution in [0.25, 0.3) is 0 Å². The molecule has 2 aliphatic heterocycles. The molecule has 6 aliphatic carbocycles. The third-order valence-electron chi connectivity index (χ3n) is 23.1. The van der Waals surface area contributed by atoms with Crippen molar-refractivity contribution in [2.75, 3.05) is 46.5 Å². The Morgan fingerprint density at radius 2 is 1.68 bits per heavy atom. The molecule has 20 nitrogen and oxygen atoms in total. The standard InChI is InChI=1S/C56H92N8O12/c1-50(27-65)15-17-56(48(73)74)18-16-52(3)32(35(56)23-50)9-10-39-53(52,4)14-11-38-51(2,28-66)44(76-46-43(70)42(69)37(67)26-75-46)41(68)34(54(38,39)5)22-33-40(64-47(72)55(33)12-7-8-13-55)31(36-25-61-29-63-36)21-30(45(57)71)24-60-19-20-62-49(58)59-6/h9,25,29-31,33-35,37-46,60,65-71H,7-8,10-24,26-28,57H2,1-6H3,(H,61,63)(H,64,72)(H,73,74)(H3,58,59,62). The number of carbonyl (C=O) groups is 2. The quantitative estimate of drug-likeness (QED) is 0.0264. The molecule has 9 rings (SSSR count). The molecule has 5 saturated carbocycles. The molecular weight excluding hydrogens is 977 g/mol. The van der Waals surface area contributed by atoms with Gasteiger partial charge in [-0.1, -0.05) is 59.1 Å². The van der Waals surface area contributed by atoms with Crippen LogP contribution in [0.2, 0.25) is 0 Å². The number of carboxylic acid groups (broad SMARTS) is 1. The maximum absolute atomic E-state index is 15.1. The zero-order chi connectivity index (χ0) is 55.0.